The van der Waals surface area contributed by atoms with Crippen molar-refractivity contribution < 1.29 is 4.92 Å². The topological polar surface area (TPSA) is 93.0 Å². The molecule has 21 heavy (non-hydrogen) atoms. The van der Waals surface area contributed by atoms with E-state index >= 15 is 0 Å². The van der Waals surface area contributed by atoms with Gasteiger partial charge < -0.3 is 10.6 Å². The molecule has 0 aliphatic heterocycles. The number of rotatable bonds is 6. The summed E-state index contributed by atoms with van der Waals surface area (Å²) >= 11 is 2.19. The van der Waals surface area contributed by atoms with Crippen molar-refractivity contribution in [3.63, 3.8) is 0 Å². The fraction of sp³-hybridized carbons (Fsp3) is 0.231. The molecule has 0 atom stereocenters. The molecule has 0 saturated heterocycles. The minimum atomic E-state index is -0.501. The maximum Gasteiger partial charge on any atom is 0.329 e. The summed E-state index contributed by atoms with van der Waals surface area (Å²) in [4.78, 5) is 18.7. The van der Waals surface area contributed by atoms with E-state index in [9.17, 15) is 10.1 Å². The Morgan fingerprint density at radius 2 is 2.05 bits per heavy atom. The second-order valence-electron chi connectivity index (χ2n) is 4.24. The van der Waals surface area contributed by atoms with Gasteiger partial charge in [-0.05, 0) is 53.3 Å². The van der Waals surface area contributed by atoms with Gasteiger partial charge in [-0.3, -0.25) is 10.1 Å². The van der Waals surface area contributed by atoms with Crippen molar-refractivity contribution in [2.24, 2.45) is 0 Å². The van der Waals surface area contributed by atoms with E-state index in [2.05, 4.69) is 43.2 Å². The van der Waals surface area contributed by atoms with Gasteiger partial charge in [0.1, 0.15) is 6.20 Å². The minimum Gasteiger partial charge on any atom is -0.354 e. The molecule has 1 heterocycles. The van der Waals surface area contributed by atoms with Gasteiger partial charge in [0.2, 0.25) is 11.8 Å². The van der Waals surface area contributed by atoms with Crippen LogP contribution in [0, 0.1) is 13.7 Å². The van der Waals surface area contributed by atoms with Gasteiger partial charge in [0.05, 0.1) is 4.92 Å². The predicted octanol–water partition coefficient (Wildman–Crippen LogP) is 3.55. The maximum atomic E-state index is 11.1. The Morgan fingerprint density at radius 3 is 2.67 bits per heavy atom. The number of aromatic nitrogens is 2. The van der Waals surface area contributed by atoms with Gasteiger partial charge in [0.15, 0.2) is 0 Å². The van der Waals surface area contributed by atoms with Crippen LogP contribution >= 0.6 is 22.6 Å². The summed E-state index contributed by atoms with van der Waals surface area (Å²) < 4.78 is 1.08. The number of halogens is 1. The standard InChI is InChI=1S/C13H14IN5O2/c1-2-7-15-13-16-8-11(19(20)21)12(18-13)17-10-5-3-9(14)4-6-10/h3-6,8H,2,7H2,1H3,(H2,15,16,17,18). The molecule has 2 aromatic rings. The van der Waals surface area contributed by atoms with Crippen LogP contribution < -0.4 is 10.6 Å². The smallest absolute Gasteiger partial charge is 0.329 e. The molecule has 0 bridgehead atoms. The summed E-state index contributed by atoms with van der Waals surface area (Å²) in [5.41, 5.74) is 0.578. The fourth-order valence-corrected chi connectivity index (χ4v) is 1.95. The van der Waals surface area contributed by atoms with Crippen LogP contribution in [-0.4, -0.2) is 21.4 Å². The lowest BCUT2D eigenvalue weighted by atomic mass is 10.3. The highest BCUT2D eigenvalue weighted by Gasteiger charge is 2.17. The van der Waals surface area contributed by atoms with Gasteiger partial charge in [-0.1, -0.05) is 6.92 Å². The second kappa shape index (κ2) is 7.16. The first-order chi connectivity index (χ1) is 10.1. The highest BCUT2D eigenvalue weighted by Crippen LogP contribution is 2.26. The maximum absolute atomic E-state index is 11.1. The zero-order chi connectivity index (χ0) is 15.2. The quantitative estimate of drug-likeness (QED) is 0.439. The average molecular weight is 399 g/mol. The van der Waals surface area contributed by atoms with Crippen molar-refractivity contribution in [3.05, 3.63) is 44.1 Å². The van der Waals surface area contributed by atoms with Gasteiger partial charge >= 0.3 is 5.69 Å². The zero-order valence-corrected chi connectivity index (χ0v) is 13.5. The number of hydrogen-bond donors (Lipinski definition) is 2. The molecule has 0 radical (unpaired) electrons. The molecule has 1 aromatic carbocycles. The largest absolute Gasteiger partial charge is 0.354 e. The normalized spacial score (nSPS) is 10.2. The molecule has 0 unspecified atom stereocenters. The third-order valence-electron chi connectivity index (χ3n) is 2.61. The molecular formula is C13H14IN5O2. The van der Waals surface area contributed by atoms with Crippen LogP contribution in [0.2, 0.25) is 0 Å². The van der Waals surface area contributed by atoms with E-state index in [1.54, 1.807) is 0 Å². The lowest BCUT2D eigenvalue weighted by Gasteiger charge is -2.08. The molecule has 0 aliphatic carbocycles. The minimum absolute atomic E-state index is 0.157. The molecule has 0 aliphatic rings. The first kappa shape index (κ1) is 15.4. The summed E-state index contributed by atoms with van der Waals surface area (Å²) in [7, 11) is 0. The van der Waals surface area contributed by atoms with Crippen LogP contribution in [0.3, 0.4) is 0 Å². The zero-order valence-electron chi connectivity index (χ0n) is 11.3. The van der Waals surface area contributed by atoms with Gasteiger partial charge in [-0.25, -0.2) is 4.98 Å². The van der Waals surface area contributed by atoms with Gasteiger partial charge in [0.25, 0.3) is 0 Å². The summed E-state index contributed by atoms with van der Waals surface area (Å²) in [6.45, 7) is 2.73. The highest BCUT2D eigenvalue weighted by molar-refractivity contribution is 14.1. The van der Waals surface area contributed by atoms with E-state index in [4.69, 9.17) is 0 Å². The Morgan fingerprint density at radius 1 is 1.33 bits per heavy atom. The summed E-state index contributed by atoms with van der Waals surface area (Å²) in [6.07, 6.45) is 2.13. The van der Waals surface area contributed by atoms with E-state index in [1.807, 2.05) is 31.2 Å². The highest BCUT2D eigenvalue weighted by atomic mass is 127. The summed E-state index contributed by atoms with van der Waals surface area (Å²) in [5, 5.41) is 17.0. The Bertz CT molecular complexity index is 633. The third-order valence-corrected chi connectivity index (χ3v) is 3.33. The number of benzene rings is 1. The van der Waals surface area contributed by atoms with Crippen LogP contribution in [0.1, 0.15) is 13.3 Å². The van der Waals surface area contributed by atoms with Crippen LogP contribution in [0.5, 0.6) is 0 Å². The van der Waals surface area contributed by atoms with Gasteiger partial charge in [-0.2, -0.15) is 4.98 Å². The molecule has 110 valence electrons. The molecule has 2 N–H and O–H groups in total. The van der Waals surface area contributed by atoms with Crippen molar-refractivity contribution in [2.45, 2.75) is 13.3 Å². The lowest BCUT2D eigenvalue weighted by Crippen LogP contribution is -2.07. The van der Waals surface area contributed by atoms with Gasteiger partial charge in [-0.15, -0.1) is 0 Å². The SMILES string of the molecule is CCCNc1ncc([N+](=O)[O-])c(Nc2ccc(I)cc2)n1. The molecule has 7 nitrogen and oxygen atoms in total. The number of nitro groups is 1. The fourth-order valence-electron chi connectivity index (χ4n) is 1.59. The first-order valence-electron chi connectivity index (χ1n) is 6.38. The van der Waals surface area contributed by atoms with Crippen LogP contribution in [-0.2, 0) is 0 Å². The number of hydrogen-bond acceptors (Lipinski definition) is 6. The average Bonchev–Trinajstić information content (AvgIpc) is 2.47. The molecule has 0 fully saturated rings. The van der Waals surface area contributed by atoms with Crippen molar-refractivity contribution in [3.8, 4) is 0 Å². The number of anilines is 3. The van der Waals surface area contributed by atoms with E-state index < -0.39 is 4.92 Å². The van der Waals surface area contributed by atoms with E-state index in [-0.39, 0.29) is 11.5 Å². The molecule has 8 heteroatoms. The van der Waals surface area contributed by atoms with Crippen molar-refractivity contribution in [1.29, 1.82) is 0 Å². The van der Waals surface area contributed by atoms with E-state index in [1.165, 1.54) is 6.20 Å². The van der Waals surface area contributed by atoms with Crippen molar-refractivity contribution in [1.82, 2.24) is 9.97 Å². The summed E-state index contributed by atoms with van der Waals surface area (Å²) in [6, 6.07) is 7.50. The number of nitrogens with zero attached hydrogens (tertiary/aromatic N) is 3. The molecular weight excluding hydrogens is 385 g/mol. The molecule has 0 amide bonds. The first-order valence-corrected chi connectivity index (χ1v) is 7.46. The Hall–Kier alpha value is -1.97. The lowest BCUT2D eigenvalue weighted by molar-refractivity contribution is -0.384. The number of nitrogens with one attached hydrogen (secondary N) is 2. The third kappa shape index (κ3) is 4.25. The van der Waals surface area contributed by atoms with E-state index in [0.717, 1.165) is 15.7 Å². The van der Waals surface area contributed by atoms with Crippen molar-refractivity contribution in [2.75, 3.05) is 17.2 Å². The monoisotopic (exact) mass is 399 g/mol. The second-order valence-corrected chi connectivity index (χ2v) is 5.49. The molecule has 1 aromatic heterocycles. The Kier molecular flexibility index (Phi) is 5.26. The van der Waals surface area contributed by atoms with Crippen LogP contribution in [0.25, 0.3) is 0 Å². The van der Waals surface area contributed by atoms with Crippen molar-refractivity contribution >= 4 is 45.7 Å². The van der Waals surface area contributed by atoms with Crippen LogP contribution in [0.4, 0.5) is 23.1 Å². The Balaban J connectivity index is 2.29. The molecule has 0 saturated carbocycles. The van der Waals surface area contributed by atoms with Crippen LogP contribution in [0.15, 0.2) is 30.5 Å². The predicted molar refractivity (Wildman–Crippen MR) is 89.9 cm³/mol. The summed E-state index contributed by atoms with van der Waals surface area (Å²) in [5.74, 6) is 0.547. The van der Waals surface area contributed by atoms with E-state index in [0.29, 0.717) is 12.5 Å². The van der Waals surface area contributed by atoms with Gasteiger partial charge in [0, 0.05) is 15.8 Å². The molecule has 2 rings (SSSR count). The Labute approximate surface area is 135 Å². The molecule has 0 spiro atoms.